The monoisotopic (exact) mass is 260 g/mol. The molecule has 94 valence electrons. The van der Waals surface area contributed by atoms with E-state index >= 15 is 0 Å². The van der Waals surface area contributed by atoms with Gasteiger partial charge in [-0.15, -0.1) is 0 Å². The fraction of sp³-hybridized carbons (Fsp3) is 0.286. The summed E-state index contributed by atoms with van der Waals surface area (Å²) in [7, 11) is 1.93. The zero-order valence-corrected chi connectivity index (χ0v) is 11.6. The predicted molar refractivity (Wildman–Crippen MR) is 74.2 cm³/mol. The van der Waals surface area contributed by atoms with Crippen molar-refractivity contribution in [2.24, 2.45) is 7.05 Å². The number of aryl methyl sites for hydroxylation is 3. The summed E-state index contributed by atoms with van der Waals surface area (Å²) in [6, 6.07) is 5.97. The maximum Gasteiger partial charge on any atom is 0.173 e. The van der Waals surface area contributed by atoms with E-state index in [4.69, 9.17) is 0 Å². The maximum atomic E-state index is 12.2. The summed E-state index contributed by atoms with van der Waals surface area (Å²) in [5.74, 6) is 0.582. The molecule has 2 rings (SSSR count). The molecule has 0 aliphatic rings. The topological polar surface area (TPSA) is 34.9 Å². The smallest absolute Gasteiger partial charge is 0.173 e. The number of carbonyl (C=O) groups is 1. The molecule has 0 amide bonds. The molecule has 0 radical (unpaired) electrons. The average molecular weight is 260 g/mol. The van der Waals surface area contributed by atoms with E-state index in [1.165, 1.54) is 11.8 Å². The first-order valence-electron chi connectivity index (χ1n) is 5.78. The average Bonchev–Trinajstić information content (AvgIpc) is 2.75. The maximum absolute atomic E-state index is 12.2. The van der Waals surface area contributed by atoms with Crippen molar-refractivity contribution in [2.75, 3.05) is 5.75 Å². The minimum atomic E-state index is 0.157. The van der Waals surface area contributed by atoms with Crippen LogP contribution in [0.2, 0.25) is 0 Å². The van der Waals surface area contributed by atoms with Gasteiger partial charge < -0.3 is 4.57 Å². The van der Waals surface area contributed by atoms with E-state index in [-0.39, 0.29) is 5.78 Å². The van der Waals surface area contributed by atoms with Gasteiger partial charge in [-0.25, -0.2) is 4.98 Å². The van der Waals surface area contributed by atoms with Crippen LogP contribution in [0.4, 0.5) is 0 Å². The first-order valence-corrected chi connectivity index (χ1v) is 6.77. The molecule has 0 spiro atoms. The lowest BCUT2D eigenvalue weighted by Gasteiger charge is -2.06. The van der Waals surface area contributed by atoms with E-state index in [0.29, 0.717) is 5.75 Å². The molecule has 3 nitrogen and oxygen atoms in total. The third-order valence-electron chi connectivity index (χ3n) is 2.80. The zero-order chi connectivity index (χ0) is 13.1. The van der Waals surface area contributed by atoms with Crippen molar-refractivity contribution >= 4 is 17.5 Å². The van der Waals surface area contributed by atoms with Gasteiger partial charge in [0.05, 0.1) is 5.75 Å². The van der Waals surface area contributed by atoms with Crippen LogP contribution < -0.4 is 0 Å². The lowest BCUT2D eigenvalue weighted by Crippen LogP contribution is -2.06. The number of carbonyl (C=O) groups excluding carboxylic acids is 1. The van der Waals surface area contributed by atoms with Gasteiger partial charge in [0.1, 0.15) is 0 Å². The number of thioether (sulfide) groups is 1. The van der Waals surface area contributed by atoms with Crippen LogP contribution >= 0.6 is 11.8 Å². The van der Waals surface area contributed by atoms with E-state index < -0.39 is 0 Å². The highest BCUT2D eigenvalue weighted by Crippen LogP contribution is 2.18. The van der Waals surface area contributed by atoms with Crippen molar-refractivity contribution in [3.63, 3.8) is 0 Å². The van der Waals surface area contributed by atoms with Crippen molar-refractivity contribution < 1.29 is 4.79 Å². The highest BCUT2D eigenvalue weighted by atomic mass is 32.2. The Hall–Kier alpha value is -1.55. The highest BCUT2D eigenvalue weighted by molar-refractivity contribution is 7.99. The number of benzene rings is 1. The van der Waals surface area contributed by atoms with Crippen molar-refractivity contribution in [1.29, 1.82) is 0 Å². The van der Waals surface area contributed by atoms with Crippen LogP contribution in [0, 0.1) is 13.8 Å². The van der Waals surface area contributed by atoms with E-state index in [2.05, 4.69) is 4.98 Å². The molecule has 4 heteroatoms. The molecule has 0 atom stereocenters. The van der Waals surface area contributed by atoms with E-state index in [9.17, 15) is 4.79 Å². The van der Waals surface area contributed by atoms with E-state index in [1.807, 2.05) is 49.9 Å². The van der Waals surface area contributed by atoms with Gasteiger partial charge in [0, 0.05) is 25.0 Å². The Morgan fingerprint density at radius 2 is 2.17 bits per heavy atom. The van der Waals surface area contributed by atoms with Gasteiger partial charge in [0.2, 0.25) is 0 Å². The van der Waals surface area contributed by atoms with Crippen LogP contribution in [0.3, 0.4) is 0 Å². The highest BCUT2D eigenvalue weighted by Gasteiger charge is 2.11. The summed E-state index contributed by atoms with van der Waals surface area (Å²) < 4.78 is 1.92. The lowest BCUT2D eigenvalue weighted by molar-refractivity contribution is 0.102. The summed E-state index contributed by atoms with van der Waals surface area (Å²) >= 11 is 1.47. The molecule has 0 saturated carbocycles. The Morgan fingerprint density at radius 1 is 1.39 bits per heavy atom. The fourth-order valence-electron chi connectivity index (χ4n) is 1.74. The van der Waals surface area contributed by atoms with Gasteiger partial charge >= 0.3 is 0 Å². The second kappa shape index (κ2) is 5.40. The molecule has 18 heavy (non-hydrogen) atoms. The molecule has 0 fully saturated rings. The van der Waals surface area contributed by atoms with Crippen molar-refractivity contribution in [3.05, 3.63) is 47.3 Å². The number of aromatic nitrogens is 2. The lowest BCUT2D eigenvalue weighted by atomic mass is 10.0. The van der Waals surface area contributed by atoms with Gasteiger partial charge in [-0.2, -0.15) is 0 Å². The fourth-order valence-corrected chi connectivity index (χ4v) is 2.55. The number of hydrogen-bond donors (Lipinski definition) is 0. The number of imidazole rings is 1. The number of nitrogens with zero attached hydrogens (tertiary/aromatic N) is 2. The van der Waals surface area contributed by atoms with Gasteiger partial charge in [-0.05, 0) is 25.5 Å². The van der Waals surface area contributed by atoms with Crippen LogP contribution in [-0.2, 0) is 7.05 Å². The Kier molecular flexibility index (Phi) is 3.87. The normalized spacial score (nSPS) is 10.6. The SMILES string of the molecule is Cc1ccc(C)c(C(=O)CSc2nccn2C)c1. The minimum absolute atomic E-state index is 0.157. The first kappa shape index (κ1) is 12.9. The number of ketones is 1. The Balaban J connectivity index is 2.08. The summed E-state index contributed by atoms with van der Waals surface area (Å²) in [5, 5.41) is 0.869. The summed E-state index contributed by atoms with van der Waals surface area (Å²) in [6.07, 6.45) is 3.62. The molecule has 2 aromatic rings. The second-order valence-corrected chi connectivity index (χ2v) is 5.29. The molecule has 0 N–H and O–H groups in total. The largest absolute Gasteiger partial charge is 0.329 e. The number of rotatable bonds is 4. The standard InChI is InChI=1S/C14H16N2OS/c1-10-4-5-11(2)12(8-10)13(17)9-18-14-15-6-7-16(14)3/h4-8H,9H2,1-3H3. The minimum Gasteiger partial charge on any atom is -0.329 e. The summed E-state index contributed by atoms with van der Waals surface area (Å²) in [5.41, 5.74) is 2.97. The van der Waals surface area contributed by atoms with Crippen LogP contribution in [-0.4, -0.2) is 21.1 Å². The summed E-state index contributed by atoms with van der Waals surface area (Å²) in [6.45, 7) is 3.97. The molecular weight excluding hydrogens is 244 g/mol. The van der Waals surface area contributed by atoms with Gasteiger partial charge in [-0.1, -0.05) is 29.5 Å². The third-order valence-corrected chi connectivity index (χ3v) is 3.86. The Bertz CT molecular complexity index is 575. The Labute approximate surface area is 111 Å². The second-order valence-electron chi connectivity index (χ2n) is 4.35. The quantitative estimate of drug-likeness (QED) is 0.626. The third kappa shape index (κ3) is 2.82. The zero-order valence-electron chi connectivity index (χ0n) is 10.8. The molecule has 0 saturated heterocycles. The Morgan fingerprint density at radius 3 is 2.83 bits per heavy atom. The van der Waals surface area contributed by atoms with E-state index in [0.717, 1.165) is 21.8 Å². The van der Waals surface area contributed by atoms with Crippen LogP contribution in [0.1, 0.15) is 21.5 Å². The van der Waals surface area contributed by atoms with E-state index in [1.54, 1.807) is 6.20 Å². The molecular formula is C14H16N2OS. The molecule has 1 aromatic heterocycles. The molecule has 0 aliphatic heterocycles. The molecule has 1 aromatic carbocycles. The predicted octanol–water partition coefficient (Wildman–Crippen LogP) is 3.01. The molecule has 1 heterocycles. The van der Waals surface area contributed by atoms with Crippen molar-refractivity contribution in [3.8, 4) is 0 Å². The first-order chi connectivity index (χ1) is 8.58. The van der Waals surface area contributed by atoms with Crippen LogP contribution in [0.25, 0.3) is 0 Å². The van der Waals surface area contributed by atoms with Gasteiger partial charge in [-0.3, -0.25) is 4.79 Å². The molecule has 0 unspecified atom stereocenters. The van der Waals surface area contributed by atoms with Crippen molar-refractivity contribution in [2.45, 2.75) is 19.0 Å². The van der Waals surface area contributed by atoms with Crippen molar-refractivity contribution in [1.82, 2.24) is 9.55 Å². The molecule has 0 bridgehead atoms. The van der Waals surface area contributed by atoms with Crippen LogP contribution in [0.15, 0.2) is 35.7 Å². The number of hydrogen-bond acceptors (Lipinski definition) is 3. The van der Waals surface area contributed by atoms with Crippen LogP contribution in [0.5, 0.6) is 0 Å². The molecule has 0 aliphatic carbocycles. The van der Waals surface area contributed by atoms with Gasteiger partial charge in [0.15, 0.2) is 10.9 Å². The number of Topliss-reactive ketones (excluding diaryl/α,β-unsaturated/α-hetero) is 1. The summed E-state index contributed by atoms with van der Waals surface area (Å²) in [4.78, 5) is 16.4. The van der Waals surface area contributed by atoms with Gasteiger partial charge in [0.25, 0.3) is 0 Å².